The largest absolute Gasteiger partial charge is 0.462 e. The van der Waals surface area contributed by atoms with Gasteiger partial charge in [0.05, 0.1) is 36.5 Å². The van der Waals surface area contributed by atoms with Crippen LogP contribution >= 0.6 is 0 Å². The third-order valence-corrected chi connectivity index (χ3v) is 12.1. The van der Waals surface area contributed by atoms with Crippen molar-refractivity contribution in [2.75, 3.05) is 19.8 Å². The zero-order valence-electron chi connectivity index (χ0n) is 39.9. The van der Waals surface area contributed by atoms with Crippen molar-refractivity contribution >= 4 is 17.9 Å². The Morgan fingerprint density at radius 2 is 0.417 bits per heavy atom. The fourth-order valence-corrected chi connectivity index (χ4v) is 8.09. The molecule has 0 bridgehead atoms. The Hall–Kier alpha value is -2.37. The van der Waals surface area contributed by atoms with Crippen molar-refractivity contribution in [3.8, 4) is 0 Å². The summed E-state index contributed by atoms with van der Waals surface area (Å²) < 4.78 is 16.9. The lowest BCUT2D eigenvalue weighted by atomic mass is 10.0. The van der Waals surface area contributed by atoms with E-state index in [1.165, 1.54) is 211 Å². The second kappa shape index (κ2) is 43.3. The molecule has 1 aromatic rings. The van der Waals surface area contributed by atoms with E-state index in [1.54, 1.807) is 0 Å². The third-order valence-electron chi connectivity index (χ3n) is 12.1. The van der Waals surface area contributed by atoms with E-state index < -0.39 is 17.9 Å². The minimum absolute atomic E-state index is 0.188. The average molecular weight is 841 g/mol. The quantitative estimate of drug-likeness (QED) is 0.0370. The molecular formula is C54H96O6. The summed E-state index contributed by atoms with van der Waals surface area (Å²) in [7, 11) is 0. The van der Waals surface area contributed by atoms with Crippen molar-refractivity contribution in [1.29, 1.82) is 0 Å². The molecule has 0 fully saturated rings. The van der Waals surface area contributed by atoms with E-state index in [4.69, 9.17) is 14.2 Å². The van der Waals surface area contributed by atoms with Crippen LogP contribution in [0.2, 0.25) is 0 Å². The van der Waals surface area contributed by atoms with Gasteiger partial charge in [-0.3, -0.25) is 0 Å². The molecule has 0 amide bonds. The summed E-state index contributed by atoms with van der Waals surface area (Å²) in [6.45, 7) is 7.76. The first-order valence-corrected chi connectivity index (χ1v) is 26.2. The maximum atomic E-state index is 13.2. The first kappa shape index (κ1) is 55.6. The lowest BCUT2D eigenvalue weighted by Gasteiger charge is -2.11. The van der Waals surface area contributed by atoms with Gasteiger partial charge in [0.15, 0.2) is 0 Å². The minimum atomic E-state index is -0.523. The fourth-order valence-electron chi connectivity index (χ4n) is 8.09. The third kappa shape index (κ3) is 34.2. The van der Waals surface area contributed by atoms with Crippen LogP contribution < -0.4 is 0 Å². The number of esters is 3. The van der Waals surface area contributed by atoms with Crippen LogP contribution in [-0.2, 0) is 14.2 Å². The summed E-state index contributed by atoms with van der Waals surface area (Å²) in [4.78, 5) is 39.5. The Morgan fingerprint density at radius 1 is 0.267 bits per heavy atom. The molecule has 0 spiro atoms. The number of rotatable bonds is 45. The Labute approximate surface area is 371 Å². The second-order valence-electron chi connectivity index (χ2n) is 17.9. The van der Waals surface area contributed by atoms with Gasteiger partial charge in [-0.05, 0) is 37.5 Å². The summed E-state index contributed by atoms with van der Waals surface area (Å²) in [5, 5.41) is 0. The van der Waals surface area contributed by atoms with Gasteiger partial charge >= 0.3 is 17.9 Å². The Kier molecular flexibility index (Phi) is 40.1. The van der Waals surface area contributed by atoms with E-state index in [2.05, 4.69) is 20.8 Å². The standard InChI is InChI=1S/C54H96O6/c1-4-7-10-13-16-19-22-25-28-31-34-37-40-43-58-52(55)49-46-50(53(56)59-44-41-38-35-32-29-26-23-20-17-14-11-8-5-2)48-51(47-49)54(57)60-45-42-39-36-33-30-27-24-21-18-15-12-9-6-3/h46-48H,4-45H2,1-3H3. The van der Waals surface area contributed by atoms with Gasteiger partial charge < -0.3 is 14.2 Å². The molecule has 0 unspecified atom stereocenters. The maximum absolute atomic E-state index is 13.2. The van der Waals surface area contributed by atoms with E-state index in [1.807, 2.05) is 0 Å². The number of ether oxygens (including phenoxy) is 3. The van der Waals surface area contributed by atoms with E-state index in [9.17, 15) is 14.4 Å². The van der Waals surface area contributed by atoms with Gasteiger partial charge in [0.25, 0.3) is 0 Å². The van der Waals surface area contributed by atoms with Gasteiger partial charge in [0, 0.05) is 0 Å². The van der Waals surface area contributed by atoms with Gasteiger partial charge in [-0.15, -0.1) is 0 Å². The predicted octanol–water partition coefficient (Wildman–Crippen LogP) is 17.4. The molecule has 60 heavy (non-hydrogen) atoms. The molecule has 0 heterocycles. The highest BCUT2D eigenvalue weighted by atomic mass is 16.5. The zero-order chi connectivity index (χ0) is 43.4. The fraction of sp³-hybridized carbons (Fsp3) is 0.833. The van der Waals surface area contributed by atoms with Crippen LogP contribution in [0.3, 0.4) is 0 Å². The normalized spacial score (nSPS) is 11.2. The smallest absolute Gasteiger partial charge is 0.338 e. The Morgan fingerprint density at radius 3 is 0.583 bits per heavy atom. The number of carbonyl (C=O) groups excluding carboxylic acids is 3. The molecule has 0 aliphatic heterocycles. The maximum Gasteiger partial charge on any atom is 0.338 e. The summed E-state index contributed by atoms with van der Waals surface area (Å²) in [5.41, 5.74) is 0.564. The van der Waals surface area contributed by atoms with Gasteiger partial charge in [-0.1, -0.05) is 252 Å². The average Bonchev–Trinajstić information content (AvgIpc) is 3.26. The van der Waals surface area contributed by atoms with Gasteiger partial charge in [0.1, 0.15) is 0 Å². The molecule has 0 atom stereocenters. The highest BCUT2D eigenvalue weighted by Crippen LogP contribution is 2.18. The molecule has 0 saturated carbocycles. The summed E-state index contributed by atoms with van der Waals surface area (Å²) >= 11 is 0. The summed E-state index contributed by atoms with van der Waals surface area (Å²) in [6, 6.07) is 4.50. The summed E-state index contributed by atoms with van der Waals surface area (Å²) in [5.74, 6) is -1.57. The van der Waals surface area contributed by atoms with E-state index in [0.717, 1.165) is 57.8 Å². The summed E-state index contributed by atoms with van der Waals surface area (Å²) in [6.07, 6.45) is 48.8. The SMILES string of the molecule is CCCCCCCCCCCCCCCOC(=O)c1cc(C(=O)OCCCCCCCCCCCCCCC)cc(C(=O)OCCCCCCCCCCCCCCC)c1. The first-order valence-electron chi connectivity index (χ1n) is 26.2. The molecule has 0 aliphatic rings. The predicted molar refractivity (Wildman–Crippen MR) is 254 cm³/mol. The molecule has 6 nitrogen and oxygen atoms in total. The van der Waals surface area contributed by atoms with Crippen LogP contribution in [0.1, 0.15) is 302 Å². The van der Waals surface area contributed by atoms with Crippen LogP contribution in [0, 0.1) is 0 Å². The van der Waals surface area contributed by atoms with Crippen molar-refractivity contribution in [2.24, 2.45) is 0 Å². The van der Waals surface area contributed by atoms with Crippen molar-refractivity contribution in [3.05, 3.63) is 34.9 Å². The van der Waals surface area contributed by atoms with Crippen molar-refractivity contribution in [3.63, 3.8) is 0 Å². The van der Waals surface area contributed by atoms with E-state index in [0.29, 0.717) is 19.8 Å². The van der Waals surface area contributed by atoms with Crippen LogP contribution in [0.4, 0.5) is 0 Å². The molecule has 1 rings (SSSR count). The van der Waals surface area contributed by atoms with Crippen LogP contribution in [0.25, 0.3) is 0 Å². The van der Waals surface area contributed by atoms with Crippen LogP contribution in [-0.4, -0.2) is 37.7 Å². The molecule has 0 N–H and O–H groups in total. The molecule has 0 radical (unpaired) electrons. The van der Waals surface area contributed by atoms with Crippen LogP contribution in [0.15, 0.2) is 18.2 Å². The molecule has 0 saturated heterocycles. The first-order chi connectivity index (χ1) is 29.5. The van der Waals surface area contributed by atoms with Crippen LogP contribution in [0.5, 0.6) is 0 Å². The second-order valence-corrected chi connectivity index (χ2v) is 17.9. The molecule has 348 valence electrons. The number of hydrogen-bond donors (Lipinski definition) is 0. The lowest BCUT2D eigenvalue weighted by Crippen LogP contribution is -2.14. The lowest BCUT2D eigenvalue weighted by molar-refractivity contribution is 0.0494. The van der Waals surface area contributed by atoms with E-state index in [-0.39, 0.29) is 16.7 Å². The van der Waals surface area contributed by atoms with Gasteiger partial charge in [0.2, 0.25) is 0 Å². The molecule has 0 aliphatic carbocycles. The molecule has 6 heteroatoms. The highest BCUT2D eigenvalue weighted by Gasteiger charge is 2.19. The van der Waals surface area contributed by atoms with Crippen molar-refractivity contribution in [2.45, 2.75) is 271 Å². The topological polar surface area (TPSA) is 78.9 Å². The highest BCUT2D eigenvalue weighted by molar-refractivity contribution is 6.00. The molecule has 0 aromatic heterocycles. The number of benzene rings is 1. The number of carbonyl (C=O) groups is 3. The number of hydrogen-bond acceptors (Lipinski definition) is 6. The Bertz CT molecular complexity index is 981. The minimum Gasteiger partial charge on any atom is -0.462 e. The van der Waals surface area contributed by atoms with E-state index >= 15 is 0 Å². The van der Waals surface area contributed by atoms with Crippen molar-refractivity contribution < 1.29 is 28.6 Å². The monoisotopic (exact) mass is 841 g/mol. The zero-order valence-corrected chi connectivity index (χ0v) is 39.9. The Balaban J connectivity index is 2.48. The molecule has 1 aromatic carbocycles. The molecular weight excluding hydrogens is 745 g/mol. The van der Waals surface area contributed by atoms with Crippen molar-refractivity contribution in [1.82, 2.24) is 0 Å². The van der Waals surface area contributed by atoms with Gasteiger partial charge in [-0.2, -0.15) is 0 Å². The number of unbranched alkanes of at least 4 members (excludes halogenated alkanes) is 36. The van der Waals surface area contributed by atoms with Gasteiger partial charge in [-0.25, -0.2) is 14.4 Å².